The molecule has 2 atom stereocenters. The number of carbonyl (C=O) groups is 2. The third-order valence-electron chi connectivity index (χ3n) is 8.35. The first-order valence-electron chi connectivity index (χ1n) is 15.3. The molecule has 10 heteroatoms. The fraction of sp³-hybridized carbons (Fsp3) is 0.618. The number of carbonyl (C=O) groups excluding carboxylic acids is 2. The number of nitrogens with zero attached hydrogens (tertiary/aromatic N) is 2. The lowest BCUT2D eigenvalue weighted by atomic mass is 9.83. The standard InChI is InChI=1S/C34H47BrN2O6Si/c1-21(2)44(22(3)4,23(5)6)40-19-16-29-30(42-32(39)41-29)34(10,11)17-14-27-26(15-18-36)25-13-12-24(35)20-28(25)37(27)31(38)43-33(7,8)9/h12-13,20-23,29-30H,15-16,19H2,1-11H3. The maximum absolute atomic E-state index is 13.5. The second kappa shape index (κ2) is 13.7. The number of fused-ring (bicyclic) bond motifs is 1. The van der Waals surface area contributed by atoms with Crippen LogP contribution >= 0.6 is 15.9 Å². The van der Waals surface area contributed by atoms with Crippen LogP contribution in [0.5, 0.6) is 0 Å². The first kappa shape index (κ1) is 35.7. The molecule has 1 aromatic carbocycles. The summed E-state index contributed by atoms with van der Waals surface area (Å²) in [4.78, 5) is 25.9. The number of rotatable bonds is 9. The summed E-state index contributed by atoms with van der Waals surface area (Å²) < 4.78 is 26.0. The highest BCUT2D eigenvalue weighted by Gasteiger charge is 2.48. The zero-order chi connectivity index (χ0) is 33.2. The van der Waals surface area contributed by atoms with E-state index in [0.29, 0.717) is 46.4 Å². The quantitative estimate of drug-likeness (QED) is 0.147. The summed E-state index contributed by atoms with van der Waals surface area (Å²) in [6, 6.07) is 7.75. The van der Waals surface area contributed by atoms with Gasteiger partial charge in [0.05, 0.1) is 23.4 Å². The summed E-state index contributed by atoms with van der Waals surface area (Å²) in [6.45, 7) is 23.0. The number of nitriles is 1. The van der Waals surface area contributed by atoms with Crippen LogP contribution in [0.25, 0.3) is 10.9 Å². The third kappa shape index (κ3) is 7.53. The van der Waals surface area contributed by atoms with Crippen molar-refractivity contribution in [3.8, 4) is 17.9 Å². The van der Waals surface area contributed by atoms with Gasteiger partial charge in [0.15, 0.2) is 14.4 Å². The molecule has 2 heterocycles. The number of aromatic nitrogens is 1. The van der Waals surface area contributed by atoms with Crippen LogP contribution in [0, 0.1) is 28.6 Å². The van der Waals surface area contributed by atoms with Crippen LogP contribution in [0.3, 0.4) is 0 Å². The Kier molecular flexibility index (Phi) is 11.1. The van der Waals surface area contributed by atoms with E-state index in [2.05, 4.69) is 75.4 Å². The Bertz CT molecular complexity index is 1460. The van der Waals surface area contributed by atoms with Crippen molar-refractivity contribution in [2.24, 2.45) is 5.41 Å². The van der Waals surface area contributed by atoms with E-state index in [0.717, 1.165) is 9.86 Å². The van der Waals surface area contributed by atoms with Crippen molar-refractivity contribution in [3.05, 3.63) is 33.9 Å². The molecule has 2 aromatic rings. The molecule has 44 heavy (non-hydrogen) atoms. The normalized spacial score (nSPS) is 17.5. The van der Waals surface area contributed by atoms with Gasteiger partial charge in [-0.05, 0) is 69.3 Å². The van der Waals surface area contributed by atoms with Crippen LogP contribution in [-0.4, -0.2) is 49.5 Å². The van der Waals surface area contributed by atoms with Gasteiger partial charge in [0.25, 0.3) is 0 Å². The van der Waals surface area contributed by atoms with E-state index in [4.69, 9.17) is 18.6 Å². The number of ether oxygens (including phenoxy) is 3. The first-order chi connectivity index (χ1) is 20.4. The smallest absolute Gasteiger partial charge is 0.443 e. The van der Waals surface area contributed by atoms with Gasteiger partial charge in [-0.3, -0.25) is 0 Å². The van der Waals surface area contributed by atoms with Crippen molar-refractivity contribution in [2.75, 3.05) is 6.61 Å². The highest BCUT2D eigenvalue weighted by Crippen LogP contribution is 2.43. The van der Waals surface area contributed by atoms with Crippen LogP contribution in [0.1, 0.15) is 93.8 Å². The molecule has 1 aromatic heterocycles. The summed E-state index contributed by atoms with van der Waals surface area (Å²) in [7, 11) is -2.10. The summed E-state index contributed by atoms with van der Waals surface area (Å²) in [5, 5.41) is 10.4. The Labute approximate surface area is 272 Å². The van der Waals surface area contributed by atoms with Crippen LogP contribution < -0.4 is 0 Å². The monoisotopic (exact) mass is 686 g/mol. The number of halogens is 1. The molecule has 0 N–H and O–H groups in total. The minimum Gasteiger partial charge on any atom is -0.443 e. The van der Waals surface area contributed by atoms with E-state index in [1.54, 1.807) is 20.8 Å². The van der Waals surface area contributed by atoms with Crippen molar-refractivity contribution < 1.29 is 28.2 Å². The predicted octanol–water partition coefficient (Wildman–Crippen LogP) is 9.12. The second-order valence-electron chi connectivity index (χ2n) is 14.0. The molecule has 8 nitrogen and oxygen atoms in total. The highest BCUT2D eigenvalue weighted by atomic mass is 79.9. The van der Waals surface area contributed by atoms with E-state index >= 15 is 0 Å². The van der Waals surface area contributed by atoms with Crippen LogP contribution in [0.4, 0.5) is 9.59 Å². The molecular formula is C34H47BrN2O6Si. The Balaban J connectivity index is 2.01. The topological polar surface area (TPSA) is 99.8 Å². The summed E-state index contributed by atoms with van der Waals surface area (Å²) in [6.07, 6.45) is -2.00. The molecule has 1 fully saturated rings. The largest absolute Gasteiger partial charge is 0.509 e. The van der Waals surface area contributed by atoms with Gasteiger partial charge in [0, 0.05) is 28.5 Å². The van der Waals surface area contributed by atoms with Crippen molar-refractivity contribution in [2.45, 2.75) is 123 Å². The maximum atomic E-state index is 13.5. The van der Waals surface area contributed by atoms with Crippen molar-refractivity contribution in [3.63, 3.8) is 0 Å². The molecule has 2 unspecified atom stereocenters. The van der Waals surface area contributed by atoms with Gasteiger partial charge in [0.2, 0.25) is 0 Å². The minimum absolute atomic E-state index is 0.0487. The number of cyclic esters (lactones) is 2. The van der Waals surface area contributed by atoms with Gasteiger partial charge in [-0.15, -0.1) is 0 Å². The van der Waals surface area contributed by atoms with E-state index < -0.39 is 43.8 Å². The molecule has 0 aliphatic carbocycles. The Morgan fingerprint density at radius 3 is 2.23 bits per heavy atom. The Hall–Kier alpha value is -2.79. The molecule has 0 radical (unpaired) electrons. The SMILES string of the molecule is CC(C)[Si](OCCC1OC(=O)OC1C(C)(C)C#Cc1c(CC#N)c2ccc(Br)cc2n1C(=O)OC(C)(C)C)(C(C)C)C(C)C. The molecule has 1 saturated heterocycles. The fourth-order valence-electron chi connectivity index (χ4n) is 6.57. The molecule has 1 aliphatic heterocycles. The van der Waals surface area contributed by atoms with Crippen molar-refractivity contribution in [1.82, 2.24) is 4.57 Å². The zero-order valence-electron chi connectivity index (χ0n) is 28.0. The van der Waals surface area contributed by atoms with Gasteiger partial charge in [-0.2, -0.15) is 5.26 Å². The van der Waals surface area contributed by atoms with E-state index in [9.17, 15) is 14.9 Å². The van der Waals surface area contributed by atoms with Gasteiger partial charge in [-0.25, -0.2) is 14.2 Å². The summed E-state index contributed by atoms with van der Waals surface area (Å²) in [5.41, 5.74) is 1.28. The molecule has 0 spiro atoms. The van der Waals surface area contributed by atoms with Crippen molar-refractivity contribution >= 4 is 47.4 Å². The first-order valence-corrected chi connectivity index (χ1v) is 18.3. The number of hydrogen-bond donors (Lipinski definition) is 0. The van der Waals surface area contributed by atoms with Gasteiger partial charge >= 0.3 is 12.2 Å². The Morgan fingerprint density at radius 2 is 1.68 bits per heavy atom. The molecule has 0 bridgehead atoms. The van der Waals surface area contributed by atoms with Crippen molar-refractivity contribution in [1.29, 1.82) is 5.26 Å². The highest BCUT2D eigenvalue weighted by molar-refractivity contribution is 9.10. The lowest BCUT2D eigenvalue weighted by Crippen LogP contribution is -2.48. The van der Waals surface area contributed by atoms with Gasteiger partial charge in [0.1, 0.15) is 17.4 Å². The van der Waals surface area contributed by atoms with E-state index in [1.165, 1.54) is 4.57 Å². The molecular weight excluding hydrogens is 640 g/mol. The predicted molar refractivity (Wildman–Crippen MR) is 178 cm³/mol. The summed E-state index contributed by atoms with van der Waals surface area (Å²) >= 11 is 3.50. The zero-order valence-corrected chi connectivity index (χ0v) is 30.5. The molecule has 3 rings (SSSR count). The molecule has 0 amide bonds. The molecule has 1 aliphatic rings. The lowest BCUT2D eigenvalue weighted by Gasteiger charge is -2.42. The number of hydrogen-bond acceptors (Lipinski definition) is 7. The second-order valence-corrected chi connectivity index (χ2v) is 20.4. The van der Waals surface area contributed by atoms with Crippen LogP contribution in [-0.2, 0) is 25.1 Å². The third-order valence-corrected chi connectivity index (χ3v) is 15.0. The fourth-order valence-corrected chi connectivity index (χ4v) is 12.4. The van der Waals surface area contributed by atoms with Gasteiger partial charge < -0.3 is 18.6 Å². The van der Waals surface area contributed by atoms with Crippen LogP contribution in [0.2, 0.25) is 16.6 Å². The maximum Gasteiger partial charge on any atom is 0.509 e. The molecule has 240 valence electrons. The minimum atomic E-state index is -2.10. The van der Waals surface area contributed by atoms with Gasteiger partial charge in [-0.1, -0.05) is 69.5 Å². The average molecular weight is 688 g/mol. The molecule has 0 saturated carbocycles. The summed E-state index contributed by atoms with van der Waals surface area (Å²) in [5.74, 6) is 6.47. The van der Waals surface area contributed by atoms with Crippen LogP contribution in [0.15, 0.2) is 22.7 Å². The average Bonchev–Trinajstić information content (AvgIpc) is 3.41. The van der Waals surface area contributed by atoms with E-state index in [1.807, 2.05) is 32.0 Å². The number of benzene rings is 1. The Morgan fingerprint density at radius 1 is 1.07 bits per heavy atom. The lowest BCUT2D eigenvalue weighted by molar-refractivity contribution is 0.0542. The van der Waals surface area contributed by atoms with E-state index in [-0.39, 0.29) is 6.42 Å².